The largest absolute Gasteiger partial charge is 0.408 e. The van der Waals surface area contributed by atoms with Gasteiger partial charge in [-0.3, -0.25) is 4.79 Å². The molecule has 29 atom stereocenters. The summed E-state index contributed by atoms with van der Waals surface area (Å²) in [6, 6.07) is 17.1. The van der Waals surface area contributed by atoms with Crippen LogP contribution in [0.15, 0.2) is 90.8 Å². The number of ether oxygens (including phenoxy) is 8. The molecule has 135 heavy (non-hydrogen) atoms. The van der Waals surface area contributed by atoms with Gasteiger partial charge < -0.3 is 69.6 Å². The normalized spacial score (nSPS) is 30.3. The lowest BCUT2D eigenvalue weighted by Crippen LogP contribution is -2.69. The molecule has 0 saturated carbocycles. The maximum atomic E-state index is 15.4. The molecule has 30 heteroatoms. The maximum Gasteiger partial charge on any atom is 0.193 e. The number of carbonyl (C=O) groups is 1. The van der Waals surface area contributed by atoms with Crippen molar-refractivity contribution in [1.29, 1.82) is 0 Å². The van der Waals surface area contributed by atoms with Crippen LogP contribution in [0.25, 0.3) is 0 Å². The zero-order chi connectivity index (χ0) is 102. The number of hydrogen-bond acceptors (Lipinski definition) is 20. The number of aliphatic hydroxyl groups is 1. The highest BCUT2D eigenvalue weighted by Crippen LogP contribution is 2.54. The lowest BCUT2D eigenvalue weighted by atomic mass is 9.79. The van der Waals surface area contributed by atoms with E-state index in [9.17, 15) is 5.11 Å². The van der Waals surface area contributed by atoms with E-state index < -0.39 is 183 Å². The van der Waals surface area contributed by atoms with E-state index in [2.05, 4.69) is 302 Å². The third kappa shape index (κ3) is 30.5. The molecule has 5 unspecified atom stereocenters. The Kier molecular flexibility index (Phi) is 44.5. The quantitative estimate of drug-likeness (QED) is 0.0482. The molecule has 0 radical (unpaired) electrons. The number of hydrogen-bond donors (Lipinski definition) is 1. The molecule has 20 nitrogen and oxygen atoms in total. The van der Waals surface area contributed by atoms with Gasteiger partial charge in [0.1, 0.15) is 54.1 Å². The minimum atomic E-state index is -4.17. The number of rotatable bonds is 40. The van der Waals surface area contributed by atoms with Gasteiger partial charge in [-0.05, 0) is 242 Å². The van der Waals surface area contributed by atoms with Crippen LogP contribution >= 0.6 is 45.2 Å². The fourth-order valence-corrected chi connectivity index (χ4v) is 31.4. The van der Waals surface area contributed by atoms with Crippen molar-refractivity contribution in [1.82, 2.24) is 0 Å². The van der Waals surface area contributed by atoms with Crippen LogP contribution in [0.1, 0.15) is 264 Å². The predicted molar refractivity (Wildman–Crippen MR) is 587 cm³/mol. The Morgan fingerprint density at radius 3 is 1.09 bits per heavy atom. The highest BCUT2D eigenvalue weighted by Gasteiger charge is 2.63. The number of sulfone groups is 2. The second-order valence-corrected chi connectivity index (χ2v) is 84.2. The lowest BCUT2D eigenvalue weighted by molar-refractivity contribution is -0.268. The van der Waals surface area contributed by atoms with Crippen LogP contribution in [0.4, 0.5) is 0 Å². The average molecular weight is 2260 g/mol. The minimum absolute atomic E-state index is 0. The maximum absolute atomic E-state index is 15.4. The van der Waals surface area contributed by atoms with E-state index in [1.807, 2.05) is 28.1 Å². The van der Waals surface area contributed by atoms with Crippen molar-refractivity contribution in [2.75, 3.05) is 14.2 Å². The molecule has 6 aliphatic rings. The van der Waals surface area contributed by atoms with E-state index in [1.165, 1.54) is 0 Å². The summed E-state index contributed by atoms with van der Waals surface area (Å²) in [7, 11) is -19.6. The van der Waals surface area contributed by atoms with Crippen LogP contribution in [-0.4, -0.2) is 231 Å². The second-order valence-electron chi connectivity index (χ2n) is 50.0. The zero-order valence-electron chi connectivity index (χ0n) is 90.6. The fraction of sp³-hybridized carbons (Fsp3) is 0.838. The predicted octanol–water partition coefficient (Wildman–Crippen LogP) is 26.6. The molecule has 2 aromatic rings. The van der Waals surface area contributed by atoms with Crippen molar-refractivity contribution in [3.63, 3.8) is 0 Å². The zero-order valence-corrected chi connectivity index (χ0v) is 103. The number of benzene rings is 2. The molecule has 1 N–H and O–H groups in total. The molecule has 0 aliphatic carbocycles. The molecule has 2 aromatic carbocycles. The first-order valence-electron chi connectivity index (χ1n) is 50.6. The van der Waals surface area contributed by atoms with Crippen LogP contribution < -0.4 is 0 Å². The molecule has 6 aliphatic heterocycles. The Labute approximate surface area is 856 Å². The van der Waals surface area contributed by atoms with E-state index in [1.54, 1.807) is 68.8 Å². The highest BCUT2D eigenvalue weighted by atomic mass is 127. The van der Waals surface area contributed by atoms with Gasteiger partial charge in [-0.25, -0.2) is 16.8 Å². The van der Waals surface area contributed by atoms with Gasteiger partial charge in [0.15, 0.2) is 75.4 Å². The molecule has 0 bridgehead atoms. The first kappa shape index (κ1) is 123. The first-order valence-corrected chi connectivity index (χ1v) is 73.7. The summed E-state index contributed by atoms with van der Waals surface area (Å²) in [5.41, 5.74) is 0. The van der Waals surface area contributed by atoms with Gasteiger partial charge in [-0.15, -0.1) is 0 Å². The van der Waals surface area contributed by atoms with Crippen LogP contribution in [0.3, 0.4) is 0 Å². The monoisotopic (exact) mass is 2260 g/mol. The van der Waals surface area contributed by atoms with Crippen molar-refractivity contribution < 1.29 is 91.2 Å². The third-order valence-electron chi connectivity index (χ3n) is 33.9. The summed E-state index contributed by atoms with van der Waals surface area (Å²) in [5.74, 6) is -0.945. The Bertz CT molecular complexity index is 4280. The van der Waals surface area contributed by atoms with Crippen LogP contribution in [0.5, 0.6) is 0 Å². The highest BCUT2D eigenvalue weighted by molar-refractivity contribution is 14.1. The smallest absolute Gasteiger partial charge is 0.193 e. The SMILES string of the molecule is C.CC[C@@H](C)C[C@H]1O[C@@H](CC(C)OC)C([C@H](C(=O)C[C@H]2CC[C@@H]3O[C@@H]([C@H](/C=C/I)O[Si](C)(C)C(C)(C)C)[C@@H](O[Si](C)(C)C(C)(C)C)[C@@H](O[Si](C)(C)C(C)(C)C)[C@H]3O2)S(=O)(=O)c2ccccc2)[C@H]1C.CC[C@@H](C)C[C@H]1O[C@@H](CC(C)OC)C([C@H](C(O)C[C@H]2CC[C@@H]3O[C@@H]([C@H](/C=C/I)O[Si](C)(C)C(C)(C)C)[C@@H](O[Si](C)(C)C(C)(C)C)[C@@H](O[Si](C)(C)C(C)(C)C)[C@H]3O2)S(=O)(=O)c2ccccc2)[C@H]1C. The fourth-order valence-electron chi connectivity index (χ4n) is 18.5. The van der Waals surface area contributed by atoms with Gasteiger partial charge in [-0.1, -0.05) is 268 Å². The van der Waals surface area contributed by atoms with Crippen LogP contribution in [0, 0.1) is 35.5 Å². The molecule has 0 aromatic heterocycles. The van der Waals surface area contributed by atoms with Crippen molar-refractivity contribution in [2.45, 2.75) is 522 Å². The van der Waals surface area contributed by atoms with E-state index in [-0.39, 0.29) is 115 Å². The molecular formula is C105H192I2O20S2Si6. The second kappa shape index (κ2) is 48.7. The number of halogens is 2. The van der Waals surface area contributed by atoms with Gasteiger partial charge in [0.05, 0.1) is 94.4 Å². The number of Topliss-reactive ketones (excluding diaryl/α,β-unsaturated/α-hetero) is 1. The van der Waals surface area contributed by atoms with Crippen molar-refractivity contribution >= 4 is 121 Å². The van der Waals surface area contributed by atoms with Gasteiger partial charge in [0.2, 0.25) is 0 Å². The number of aliphatic hydroxyl groups excluding tert-OH is 1. The number of methoxy groups -OCH3 is 2. The third-order valence-corrected chi connectivity index (χ3v) is 66.0. The standard InChI is InChI=1S/C52H95IO10SSi3.C52H93IO10SSi3.CH4/c2*1-21-34(2)31-42-36(4)44(43(59-42)32-35(3)57-14)49(64(55,56)38-25-23-22-24-26-38)39(54)33-37-27-28-40-45(58-37)47(62-66(17,18)51(8,9)10)48(63-67(19,20)52(11,12)13)46(60-40)41(29-30-53)61-65(15,16)50(5,6)7;/h22-26,29-30,34-37,39-49,54H,21,27-28,31-33H2,1-20H3;22-26,29-30,34-37,40-49H,21,27-28,31-33H2,1-20H3;1H4/b2*30-29+;/t34-,35?,36+,37-,39?,40+,41+,42-,43+,44?,45+,46+,47+,48-,49+;34-,35?,36+,37-,40+,41+,42-,43+,44?,45+,46+,47+,48-,49+;/m11./s1. The Balaban J connectivity index is 0.000000412. The summed E-state index contributed by atoms with van der Waals surface area (Å²) in [4.78, 5) is 15.7. The van der Waals surface area contributed by atoms with Crippen LogP contribution in [0.2, 0.25) is 109 Å². The van der Waals surface area contributed by atoms with Crippen molar-refractivity contribution in [2.24, 2.45) is 35.5 Å². The Morgan fingerprint density at radius 1 is 0.437 bits per heavy atom. The van der Waals surface area contributed by atoms with Crippen molar-refractivity contribution in [3.05, 3.63) is 81.0 Å². The molecule has 6 saturated heterocycles. The van der Waals surface area contributed by atoms with Gasteiger partial charge in [-0.2, -0.15) is 0 Å². The molecule has 6 heterocycles. The van der Waals surface area contributed by atoms with Gasteiger partial charge in [0.25, 0.3) is 0 Å². The topological polar surface area (TPSA) is 235 Å². The molecule has 0 amide bonds. The lowest BCUT2D eigenvalue weighted by Gasteiger charge is -2.56. The van der Waals surface area contributed by atoms with E-state index in [0.717, 1.165) is 25.7 Å². The summed E-state index contributed by atoms with van der Waals surface area (Å²) in [5, 5.41) is 9.75. The average Bonchev–Trinajstić information content (AvgIpc) is 1.72. The molecule has 0 spiro atoms. The van der Waals surface area contributed by atoms with E-state index in [4.69, 9.17) is 64.5 Å². The molecular weight excluding hydrogens is 2070 g/mol. The number of fused-ring (bicyclic) bond motifs is 2. The van der Waals surface area contributed by atoms with E-state index >= 15 is 21.6 Å². The number of carbonyl (C=O) groups excluding carboxylic acids is 1. The number of ketones is 1. The first-order chi connectivity index (χ1) is 61.3. The summed E-state index contributed by atoms with van der Waals surface area (Å²) in [6.07, 6.45) is 1.65. The summed E-state index contributed by atoms with van der Waals surface area (Å²) >= 11 is 4.57. The molecule has 782 valence electrons. The molecule has 6 fully saturated rings. The summed E-state index contributed by atoms with van der Waals surface area (Å²) < 4.78 is 164. The van der Waals surface area contributed by atoms with Gasteiger partial charge >= 0.3 is 0 Å². The minimum Gasteiger partial charge on any atom is -0.408 e. The molecule has 8 rings (SSSR count). The van der Waals surface area contributed by atoms with Crippen LogP contribution in [-0.2, 0) is 88.9 Å². The van der Waals surface area contributed by atoms with E-state index in [0.29, 0.717) is 50.4 Å². The summed E-state index contributed by atoms with van der Waals surface area (Å²) in [6.45, 7) is 84.9. The van der Waals surface area contributed by atoms with Crippen molar-refractivity contribution in [3.8, 4) is 0 Å². The van der Waals surface area contributed by atoms with Gasteiger partial charge in [0, 0.05) is 38.9 Å². The Morgan fingerprint density at radius 2 is 0.756 bits per heavy atom. The Hall–Kier alpha value is -0.349.